The molecule has 0 fully saturated rings. The molecule has 0 aromatic heterocycles. The maximum atomic E-state index is 6.01. The van der Waals surface area contributed by atoms with Gasteiger partial charge in [0.1, 0.15) is 5.75 Å². The molecule has 0 bridgehead atoms. The molecule has 0 unspecified atom stereocenters. The van der Waals surface area contributed by atoms with Crippen LogP contribution in [0.1, 0.15) is 75.8 Å². The topological polar surface area (TPSA) is 21.3 Å². The summed E-state index contributed by atoms with van der Waals surface area (Å²) in [5.74, 6) is 1.04. The zero-order valence-electron chi connectivity index (χ0n) is 19.2. The van der Waals surface area contributed by atoms with Crippen LogP contribution in [-0.4, -0.2) is 13.2 Å². The minimum absolute atomic E-state index is 0.162. The molecule has 0 aliphatic rings. The van der Waals surface area contributed by atoms with Crippen LogP contribution < -0.4 is 10.1 Å². The van der Waals surface area contributed by atoms with E-state index < -0.39 is 0 Å². The summed E-state index contributed by atoms with van der Waals surface area (Å²) >= 11 is 0. The average Bonchev–Trinajstić information content (AvgIpc) is 2.58. The van der Waals surface area contributed by atoms with Gasteiger partial charge in [-0.3, -0.25) is 0 Å². The number of ether oxygens (including phenoxy) is 1. The smallest absolute Gasteiger partial charge is 0.125 e. The highest BCUT2D eigenvalue weighted by atomic mass is 16.5. The van der Waals surface area contributed by atoms with E-state index in [1.807, 2.05) is 0 Å². The van der Waals surface area contributed by atoms with Crippen LogP contribution in [-0.2, 0) is 17.4 Å². The molecule has 2 aromatic rings. The van der Waals surface area contributed by atoms with Gasteiger partial charge in [0, 0.05) is 6.54 Å². The van der Waals surface area contributed by atoms with E-state index in [4.69, 9.17) is 4.74 Å². The van der Waals surface area contributed by atoms with Crippen molar-refractivity contribution in [3.8, 4) is 5.75 Å². The summed E-state index contributed by atoms with van der Waals surface area (Å²) in [4.78, 5) is 0. The van der Waals surface area contributed by atoms with Crippen LogP contribution in [0.25, 0.3) is 0 Å². The van der Waals surface area contributed by atoms with E-state index in [0.29, 0.717) is 0 Å². The molecule has 2 aromatic carbocycles. The fourth-order valence-electron chi connectivity index (χ4n) is 3.29. The third-order valence-corrected chi connectivity index (χ3v) is 5.21. The maximum Gasteiger partial charge on any atom is 0.125 e. The Hall–Kier alpha value is -1.80. The minimum Gasteiger partial charge on any atom is -0.493 e. The number of aryl methyl sites for hydroxylation is 2. The van der Waals surface area contributed by atoms with Crippen molar-refractivity contribution in [1.82, 2.24) is 5.32 Å². The minimum atomic E-state index is 0.162. The Bertz CT molecular complexity index is 725. The number of nitrogens with one attached hydrogen (secondary N) is 1. The van der Waals surface area contributed by atoms with Gasteiger partial charge in [-0.05, 0) is 65.5 Å². The Morgan fingerprint density at radius 1 is 0.821 bits per heavy atom. The first-order chi connectivity index (χ1) is 13.0. The first-order valence-corrected chi connectivity index (χ1v) is 10.5. The summed E-state index contributed by atoms with van der Waals surface area (Å²) in [5, 5.41) is 3.59. The largest absolute Gasteiger partial charge is 0.493 e. The van der Waals surface area contributed by atoms with Gasteiger partial charge in [0.15, 0.2) is 0 Å². The lowest BCUT2D eigenvalue weighted by Gasteiger charge is -2.26. The zero-order chi connectivity index (χ0) is 20.9. The first kappa shape index (κ1) is 22.5. The van der Waals surface area contributed by atoms with Crippen LogP contribution >= 0.6 is 0 Å². The van der Waals surface area contributed by atoms with Gasteiger partial charge >= 0.3 is 0 Å². The average molecular weight is 382 g/mol. The van der Waals surface area contributed by atoms with Crippen molar-refractivity contribution in [2.24, 2.45) is 0 Å². The summed E-state index contributed by atoms with van der Waals surface area (Å²) in [5.41, 5.74) is 6.94. The zero-order valence-corrected chi connectivity index (χ0v) is 19.2. The predicted molar refractivity (Wildman–Crippen MR) is 122 cm³/mol. The third-order valence-electron chi connectivity index (χ3n) is 5.21. The highest BCUT2D eigenvalue weighted by Crippen LogP contribution is 2.30. The molecule has 0 spiro atoms. The molecule has 0 radical (unpaired) electrons. The normalized spacial score (nSPS) is 12.3. The molecule has 2 nitrogen and oxygen atoms in total. The number of para-hydroxylation sites is 1. The van der Waals surface area contributed by atoms with Crippen molar-refractivity contribution in [3.63, 3.8) is 0 Å². The van der Waals surface area contributed by atoms with Gasteiger partial charge in [-0.1, -0.05) is 77.9 Å². The standard InChI is InChI=1S/C26H39NO/c1-19-11-9-12-20(2)24(19)28-14-10-13-27-18-21-15-22(25(3,4)5)17-23(16-21)26(6,7)8/h9,11-12,15-17,27H,10,13-14,18H2,1-8H3. The molecule has 0 aliphatic heterocycles. The molecule has 0 saturated carbocycles. The molecule has 154 valence electrons. The van der Waals surface area contributed by atoms with Gasteiger partial charge < -0.3 is 10.1 Å². The third kappa shape index (κ3) is 6.38. The second-order valence-electron chi connectivity index (χ2n) is 10.0. The number of hydrogen-bond acceptors (Lipinski definition) is 2. The second-order valence-corrected chi connectivity index (χ2v) is 10.0. The van der Waals surface area contributed by atoms with Crippen molar-refractivity contribution in [2.75, 3.05) is 13.2 Å². The lowest BCUT2D eigenvalue weighted by atomic mass is 9.79. The number of benzene rings is 2. The molecular weight excluding hydrogens is 342 g/mol. The van der Waals surface area contributed by atoms with E-state index in [2.05, 4.69) is 97.1 Å². The van der Waals surface area contributed by atoms with Crippen molar-refractivity contribution >= 4 is 0 Å². The fourth-order valence-corrected chi connectivity index (χ4v) is 3.29. The maximum absolute atomic E-state index is 6.01. The molecule has 0 aliphatic carbocycles. The van der Waals surface area contributed by atoms with Crippen LogP contribution in [0, 0.1) is 13.8 Å². The quantitative estimate of drug-likeness (QED) is 0.556. The Morgan fingerprint density at radius 3 is 1.86 bits per heavy atom. The lowest BCUT2D eigenvalue weighted by molar-refractivity contribution is 0.304. The monoisotopic (exact) mass is 381 g/mol. The molecule has 2 heteroatoms. The second kappa shape index (κ2) is 9.13. The molecule has 0 atom stereocenters. The van der Waals surface area contributed by atoms with E-state index in [-0.39, 0.29) is 10.8 Å². The van der Waals surface area contributed by atoms with Gasteiger partial charge in [0.05, 0.1) is 6.61 Å². The molecule has 28 heavy (non-hydrogen) atoms. The predicted octanol–water partition coefficient (Wildman–Crippen LogP) is 6.46. The van der Waals surface area contributed by atoms with E-state index in [1.54, 1.807) is 0 Å². The first-order valence-electron chi connectivity index (χ1n) is 10.5. The van der Waals surface area contributed by atoms with E-state index >= 15 is 0 Å². The molecular formula is C26H39NO. The van der Waals surface area contributed by atoms with Crippen molar-refractivity contribution in [3.05, 3.63) is 64.2 Å². The van der Waals surface area contributed by atoms with Crippen LogP contribution in [0.3, 0.4) is 0 Å². The van der Waals surface area contributed by atoms with Crippen LogP contribution in [0.5, 0.6) is 5.75 Å². The Balaban J connectivity index is 1.90. The fraction of sp³-hybridized carbons (Fsp3) is 0.538. The van der Waals surface area contributed by atoms with Crippen molar-refractivity contribution < 1.29 is 4.74 Å². The van der Waals surface area contributed by atoms with Gasteiger partial charge in [-0.25, -0.2) is 0 Å². The van der Waals surface area contributed by atoms with Crippen LogP contribution in [0.15, 0.2) is 36.4 Å². The lowest BCUT2D eigenvalue weighted by Crippen LogP contribution is -2.20. The number of rotatable bonds is 7. The SMILES string of the molecule is Cc1cccc(C)c1OCCCNCc1cc(C(C)(C)C)cc(C(C)(C)C)c1. The Morgan fingerprint density at radius 2 is 1.36 bits per heavy atom. The highest BCUT2D eigenvalue weighted by molar-refractivity contribution is 5.39. The van der Waals surface area contributed by atoms with Crippen LogP contribution in [0.2, 0.25) is 0 Å². The van der Waals surface area contributed by atoms with Gasteiger partial charge in [-0.2, -0.15) is 0 Å². The van der Waals surface area contributed by atoms with Crippen LogP contribution in [0.4, 0.5) is 0 Å². The van der Waals surface area contributed by atoms with Gasteiger partial charge in [-0.15, -0.1) is 0 Å². The number of hydrogen-bond donors (Lipinski definition) is 1. The van der Waals surface area contributed by atoms with Gasteiger partial charge in [0.25, 0.3) is 0 Å². The van der Waals surface area contributed by atoms with E-state index in [1.165, 1.54) is 27.8 Å². The molecule has 1 N–H and O–H groups in total. The molecule has 2 rings (SSSR count). The molecule has 0 heterocycles. The summed E-state index contributed by atoms with van der Waals surface area (Å²) in [7, 11) is 0. The van der Waals surface area contributed by atoms with Crippen molar-refractivity contribution in [1.29, 1.82) is 0 Å². The van der Waals surface area contributed by atoms with Crippen molar-refractivity contribution in [2.45, 2.75) is 79.2 Å². The molecule has 0 amide bonds. The van der Waals surface area contributed by atoms with Gasteiger partial charge in [0.2, 0.25) is 0 Å². The van der Waals surface area contributed by atoms with E-state index in [0.717, 1.165) is 31.9 Å². The summed E-state index contributed by atoms with van der Waals surface area (Å²) in [6.45, 7) is 20.5. The Labute approximate surface area is 172 Å². The molecule has 0 saturated heterocycles. The summed E-state index contributed by atoms with van der Waals surface area (Å²) in [6.07, 6.45) is 0.999. The Kier molecular flexibility index (Phi) is 7.33. The summed E-state index contributed by atoms with van der Waals surface area (Å²) in [6, 6.07) is 13.4. The summed E-state index contributed by atoms with van der Waals surface area (Å²) < 4.78 is 6.01. The highest BCUT2D eigenvalue weighted by Gasteiger charge is 2.20. The van der Waals surface area contributed by atoms with E-state index in [9.17, 15) is 0 Å².